The first kappa shape index (κ1) is 9.79. The fourth-order valence-electron chi connectivity index (χ4n) is 1.35. The molecular weight excluding hydrogens is 156 g/mol. The molecule has 1 aromatic carbocycles. The second-order valence-electron chi connectivity index (χ2n) is 3.59. The normalized spacial score (nSPS) is 9.77. The van der Waals surface area contributed by atoms with Gasteiger partial charge in [-0.15, -0.1) is 0 Å². The van der Waals surface area contributed by atoms with Gasteiger partial charge in [-0.05, 0) is 43.5 Å². The lowest BCUT2D eigenvalue weighted by atomic mass is 9.98. The average Bonchev–Trinajstić information content (AvgIpc) is 2.04. The third kappa shape index (κ3) is 2.09. The predicted molar refractivity (Wildman–Crippen MR) is 60.6 cm³/mol. The van der Waals surface area contributed by atoms with Crippen molar-refractivity contribution in [3.63, 3.8) is 0 Å². The number of hydrogen-bond acceptors (Lipinski definition) is 0. The summed E-state index contributed by atoms with van der Waals surface area (Å²) in [4.78, 5) is 0. The van der Waals surface area contributed by atoms with Gasteiger partial charge in [0.05, 0.1) is 0 Å². The standard InChI is InChI=1S/C13H16/c1-9(2)12-7-6-11(5)13(8-12)10(3)4/h6-8H,1,3H2,2,4-5H3. The first-order valence-corrected chi connectivity index (χ1v) is 4.45. The summed E-state index contributed by atoms with van der Waals surface area (Å²) >= 11 is 0. The highest BCUT2D eigenvalue weighted by Crippen LogP contribution is 2.21. The summed E-state index contributed by atoms with van der Waals surface area (Å²) in [5, 5.41) is 0. The Hall–Kier alpha value is -1.30. The molecule has 13 heavy (non-hydrogen) atoms. The van der Waals surface area contributed by atoms with Gasteiger partial charge in [0.15, 0.2) is 0 Å². The van der Waals surface area contributed by atoms with Crippen molar-refractivity contribution >= 4 is 11.1 Å². The van der Waals surface area contributed by atoms with E-state index < -0.39 is 0 Å². The lowest BCUT2D eigenvalue weighted by Gasteiger charge is -2.08. The van der Waals surface area contributed by atoms with Crippen LogP contribution in [0.3, 0.4) is 0 Å². The predicted octanol–water partition coefficient (Wildman–Crippen LogP) is 4.06. The van der Waals surface area contributed by atoms with Gasteiger partial charge in [-0.1, -0.05) is 36.4 Å². The van der Waals surface area contributed by atoms with Gasteiger partial charge < -0.3 is 0 Å². The van der Waals surface area contributed by atoms with E-state index in [-0.39, 0.29) is 0 Å². The molecule has 0 atom stereocenters. The zero-order chi connectivity index (χ0) is 10.0. The van der Waals surface area contributed by atoms with Gasteiger partial charge in [-0.2, -0.15) is 0 Å². The Kier molecular flexibility index (Phi) is 2.72. The first-order chi connectivity index (χ1) is 6.02. The van der Waals surface area contributed by atoms with E-state index in [0.29, 0.717) is 0 Å². The van der Waals surface area contributed by atoms with E-state index >= 15 is 0 Å². The summed E-state index contributed by atoms with van der Waals surface area (Å²) in [6, 6.07) is 6.37. The summed E-state index contributed by atoms with van der Waals surface area (Å²) in [6.07, 6.45) is 0. The molecule has 0 fully saturated rings. The van der Waals surface area contributed by atoms with Crippen molar-refractivity contribution in [2.45, 2.75) is 20.8 Å². The van der Waals surface area contributed by atoms with Crippen LogP contribution in [0.1, 0.15) is 30.5 Å². The van der Waals surface area contributed by atoms with Gasteiger partial charge in [-0.25, -0.2) is 0 Å². The molecule has 0 N–H and O–H groups in total. The number of allylic oxidation sites excluding steroid dienone is 2. The van der Waals surface area contributed by atoms with Crippen LogP contribution in [0.15, 0.2) is 31.4 Å². The quantitative estimate of drug-likeness (QED) is 0.631. The third-order valence-corrected chi connectivity index (χ3v) is 2.19. The van der Waals surface area contributed by atoms with Gasteiger partial charge in [0.25, 0.3) is 0 Å². The SMILES string of the molecule is C=C(C)c1ccc(C)c(C(=C)C)c1. The molecule has 0 saturated carbocycles. The Bertz CT molecular complexity index is 356. The highest BCUT2D eigenvalue weighted by atomic mass is 14.1. The third-order valence-electron chi connectivity index (χ3n) is 2.19. The molecule has 0 heteroatoms. The van der Waals surface area contributed by atoms with Crippen LogP contribution < -0.4 is 0 Å². The van der Waals surface area contributed by atoms with E-state index in [2.05, 4.69) is 38.3 Å². The van der Waals surface area contributed by atoms with Crippen molar-refractivity contribution in [2.75, 3.05) is 0 Å². The fraction of sp³-hybridized carbons (Fsp3) is 0.231. The lowest BCUT2D eigenvalue weighted by Crippen LogP contribution is -1.87. The lowest BCUT2D eigenvalue weighted by molar-refractivity contribution is 1.39. The minimum atomic E-state index is 1.10. The van der Waals surface area contributed by atoms with Gasteiger partial charge >= 0.3 is 0 Å². The molecule has 0 aliphatic carbocycles. The van der Waals surface area contributed by atoms with Crippen molar-refractivity contribution in [1.29, 1.82) is 0 Å². The molecule has 0 radical (unpaired) electrons. The zero-order valence-electron chi connectivity index (χ0n) is 8.65. The molecule has 0 saturated heterocycles. The van der Waals surface area contributed by atoms with Crippen LogP contribution in [0.4, 0.5) is 0 Å². The van der Waals surface area contributed by atoms with Crippen molar-refractivity contribution in [3.8, 4) is 0 Å². The number of hydrogen-bond donors (Lipinski definition) is 0. The number of rotatable bonds is 2. The second-order valence-corrected chi connectivity index (χ2v) is 3.59. The minimum Gasteiger partial charge on any atom is -0.0955 e. The van der Waals surface area contributed by atoms with Gasteiger partial charge in [-0.3, -0.25) is 0 Å². The van der Waals surface area contributed by atoms with E-state index in [9.17, 15) is 0 Å². The molecule has 0 unspecified atom stereocenters. The molecule has 0 aliphatic rings. The van der Waals surface area contributed by atoms with E-state index in [0.717, 1.165) is 11.1 Å². The molecule has 0 bridgehead atoms. The molecule has 0 heterocycles. The van der Waals surface area contributed by atoms with Crippen LogP contribution in [-0.4, -0.2) is 0 Å². The monoisotopic (exact) mass is 172 g/mol. The maximum atomic E-state index is 3.96. The summed E-state index contributed by atoms with van der Waals surface area (Å²) in [5.41, 5.74) is 5.92. The topological polar surface area (TPSA) is 0 Å². The number of aryl methyl sites for hydroxylation is 1. The molecule has 0 aliphatic heterocycles. The van der Waals surface area contributed by atoms with Crippen LogP contribution in [0.5, 0.6) is 0 Å². The van der Waals surface area contributed by atoms with Crippen molar-refractivity contribution < 1.29 is 0 Å². The van der Waals surface area contributed by atoms with E-state index in [4.69, 9.17) is 0 Å². The van der Waals surface area contributed by atoms with Crippen molar-refractivity contribution in [3.05, 3.63) is 48.0 Å². The molecular formula is C13H16. The highest BCUT2D eigenvalue weighted by Gasteiger charge is 2.00. The van der Waals surface area contributed by atoms with Crippen LogP contribution in [-0.2, 0) is 0 Å². The largest absolute Gasteiger partial charge is 0.0955 e. The molecule has 0 nitrogen and oxygen atoms in total. The van der Waals surface area contributed by atoms with Gasteiger partial charge in [0.2, 0.25) is 0 Å². The Balaban J connectivity index is 3.27. The van der Waals surface area contributed by atoms with E-state index in [1.54, 1.807) is 0 Å². The van der Waals surface area contributed by atoms with Crippen LogP contribution in [0.2, 0.25) is 0 Å². The number of benzene rings is 1. The minimum absolute atomic E-state index is 1.10. The van der Waals surface area contributed by atoms with E-state index in [1.807, 2.05) is 13.8 Å². The summed E-state index contributed by atoms with van der Waals surface area (Å²) in [7, 11) is 0. The molecule has 0 amide bonds. The molecule has 68 valence electrons. The zero-order valence-corrected chi connectivity index (χ0v) is 8.65. The Morgan fingerprint density at radius 3 is 2.15 bits per heavy atom. The van der Waals surface area contributed by atoms with Crippen LogP contribution in [0.25, 0.3) is 11.1 Å². The van der Waals surface area contributed by atoms with Gasteiger partial charge in [0, 0.05) is 0 Å². The van der Waals surface area contributed by atoms with E-state index in [1.165, 1.54) is 16.7 Å². The fourth-order valence-corrected chi connectivity index (χ4v) is 1.35. The van der Waals surface area contributed by atoms with Gasteiger partial charge in [0.1, 0.15) is 0 Å². The highest BCUT2D eigenvalue weighted by molar-refractivity contribution is 5.70. The smallest absolute Gasteiger partial charge is 0.0198 e. The maximum Gasteiger partial charge on any atom is -0.0198 e. The Morgan fingerprint density at radius 2 is 1.69 bits per heavy atom. The first-order valence-electron chi connectivity index (χ1n) is 4.45. The Labute approximate surface area is 80.6 Å². The molecule has 1 aromatic rings. The summed E-state index contributed by atoms with van der Waals surface area (Å²) in [5.74, 6) is 0. The second kappa shape index (κ2) is 3.61. The average molecular weight is 172 g/mol. The maximum absolute atomic E-state index is 3.96. The Morgan fingerprint density at radius 1 is 1.08 bits per heavy atom. The van der Waals surface area contributed by atoms with Crippen molar-refractivity contribution in [1.82, 2.24) is 0 Å². The van der Waals surface area contributed by atoms with Crippen LogP contribution in [0, 0.1) is 6.92 Å². The molecule has 0 spiro atoms. The van der Waals surface area contributed by atoms with Crippen LogP contribution >= 0.6 is 0 Å². The summed E-state index contributed by atoms with van der Waals surface area (Å²) < 4.78 is 0. The molecule has 0 aromatic heterocycles. The molecule has 1 rings (SSSR count). The summed E-state index contributed by atoms with van der Waals surface area (Å²) in [6.45, 7) is 14.0. The van der Waals surface area contributed by atoms with Crippen molar-refractivity contribution in [2.24, 2.45) is 0 Å².